The summed E-state index contributed by atoms with van der Waals surface area (Å²) in [5.41, 5.74) is 9.15. The predicted octanol–water partition coefficient (Wildman–Crippen LogP) is 17.8. The van der Waals surface area contributed by atoms with Crippen LogP contribution in [0.3, 0.4) is 0 Å². The van der Waals surface area contributed by atoms with E-state index in [1.54, 1.807) is 4.90 Å². The standard InChI is InChI=1S/C38H53N3O4.C32H39NO5.C6H16N2.C4H8O.CH4/c1-38(2,3)45-37(43)28-21-22-30-32(25-28)41(29-17-9-10-18-29)36(35(30)27-15-7-6-8-16-27)31-19-11-12-20-33(31)44-26-34(42)40(5)24-14-13-23-39-4;1-32(2,3)38-31(36)22-17-18-24-26(19-22)33(23-13-7-8-14-23)30(29(24)21-11-5-4-6-12-21)25-15-9-10-16-27(25)37-20-28(34)35;1-7-5-3-4-6-8-2;1-2-4-5-3-1;/h11-12,19-22,25,27,29,39H,6-10,13-18,23-24,26H2,1-5H3;9-10,15-19,21,23H,4-8,11-14,20H2,1-3H3,(H,34,35);7-8H,3-6H2,1-2H3;1-4H2;1H4. The van der Waals surface area contributed by atoms with Crippen LogP contribution in [0.5, 0.6) is 11.5 Å². The monoisotopic (exact) mass is 1340 g/mol. The van der Waals surface area contributed by atoms with E-state index in [-0.39, 0.29) is 38.5 Å². The minimum Gasteiger partial charge on any atom is -0.483 e. The van der Waals surface area contributed by atoms with Crippen molar-refractivity contribution in [3.63, 3.8) is 0 Å². The van der Waals surface area contributed by atoms with Gasteiger partial charge in [-0.05, 0) is 244 Å². The summed E-state index contributed by atoms with van der Waals surface area (Å²) < 4.78 is 33.7. The molecule has 0 bridgehead atoms. The molecule has 1 aliphatic heterocycles. The van der Waals surface area contributed by atoms with Crippen molar-refractivity contribution in [2.24, 2.45) is 0 Å². The summed E-state index contributed by atoms with van der Waals surface area (Å²) in [6.45, 7) is 17.0. The van der Waals surface area contributed by atoms with Crippen LogP contribution in [0.25, 0.3) is 44.3 Å². The molecule has 6 aromatic rings. The Bertz CT molecular complexity index is 3400. The van der Waals surface area contributed by atoms with Gasteiger partial charge in [-0.25, -0.2) is 14.4 Å². The first kappa shape index (κ1) is 77.6. The number of hydrogen-bond donors (Lipinski definition) is 4. The van der Waals surface area contributed by atoms with E-state index in [1.165, 1.54) is 117 Å². The molecule has 2 aromatic heterocycles. The summed E-state index contributed by atoms with van der Waals surface area (Å²) in [5.74, 6) is 0.549. The summed E-state index contributed by atoms with van der Waals surface area (Å²) in [5, 5.41) is 21.1. The van der Waals surface area contributed by atoms with Gasteiger partial charge in [0.25, 0.3) is 5.91 Å². The second kappa shape index (κ2) is 38.6. The number of aromatic nitrogens is 2. The first-order valence-electron chi connectivity index (χ1n) is 36.6. The Balaban J connectivity index is 0.000000230. The Morgan fingerprint density at radius 1 is 0.515 bits per heavy atom. The molecule has 0 radical (unpaired) electrons. The maximum Gasteiger partial charge on any atom is 0.341 e. The van der Waals surface area contributed by atoms with Crippen molar-refractivity contribution in [1.29, 1.82) is 0 Å². The van der Waals surface area contributed by atoms with Crippen molar-refractivity contribution in [2.75, 3.05) is 80.8 Å². The molecule has 4 saturated carbocycles. The third-order valence-corrected chi connectivity index (χ3v) is 19.3. The van der Waals surface area contributed by atoms with Gasteiger partial charge in [-0.2, -0.15) is 0 Å². The number of carboxylic acids is 1. The number of unbranched alkanes of at least 4 members (excludes halogenated alkanes) is 2. The van der Waals surface area contributed by atoms with E-state index in [4.69, 9.17) is 23.7 Å². The lowest BCUT2D eigenvalue weighted by Crippen LogP contribution is -2.32. The number of para-hydroxylation sites is 2. The molecule has 11 rings (SSSR count). The highest BCUT2D eigenvalue weighted by atomic mass is 16.6. The number of nitrogens with one attached hydrogen (secondary N) is 3. The Labute approximate surface area is 581 Å². The number of ether oxygens (including phenoxy) is 5. The highest BCUT2D eigenvalue weighted by Crippen LogP contribution is 2.52. The molecule has 5 aliphatic rings. The topological polar surface area (TPSA) is 184 Å². The lowest BCUT2D eigenvalue weighted by atomic mass is 9.81. The number of likely N-dealkylation sites (N-methyl/N-ethyl adjacent to an activating group) is 1. The van der Waals surface area contributed by atoms with E-state index < -0.39 is 17.2 Å². The maximum absolute atomic E-state index is 13.3. The summed E-state index contributed by atoms with van der Waals surface area (Å²) in [6, 6.07) is 28.9. The molecule has 97 heavy (non-hydrogen) atoms. The van der Waals surface area contributed by atoms with Crippen LogP contribution in [0.4, 0.5) is 0 Å². The van der Waals surface area contributed by atoms with Crippen LogP contribution in [-0.4, -0.2) is 135 Å². The van der Waals surface area contributed by atoms with E-state index in [2.05, 4.69) is 61.5 Å². The molecule has 0 unspecified atom stereocenters. The molecule has 16 nitrogen and oxygen atoms in total. The number of amides is 1. The summed E-state index contributed by atoms with van der Waals surface area (Å²) in [6.07, 6.45) is 28.2. The molecule has 4 N–H and O–H groups in total. The molecule has 3 heterocycles. The van der Waals surface area contributed by atoms with Gasteiger partial charge in [0.2, 0.25) is 0 Å². The van der Waals surface area contributed by atoms with E-state index in [0.717, 1.165) is 131 Å². The number of benzene rings is 4. The Morgan fingerprint density at radius 3 is 1.27 bits per heavy atom. The quantitative estimate of drug-likeness (QED) is 0.0332. The molecular formula is C81H120N6O10. The molecule has 16 heteroatoms. The van der Waals surface area contributed by atoms with Gasteiger partial charge in [0.1, 0.15) is 22.7 Å². The fourth-order valence-electron chi connectivity index (χ4n) is 14.7. The highest BCUT2D eigenvalue weighted by molar-refractivity contribution is 6.01. The molecular weight excluding hydrogens is 1220 g/mol. The second-order valence-electron chi connectivity index (χ2n) is 29.1. The van der Waals surface area contributed by atoms with Crippen LogP contribution in [0.2, 0.25) is 0 Å². The number of carbonyl (C=O) groups excluding carboxylic acids is 3. The third-order valence-electron chi connectivity index (χ3n) is 19.3. The zero-order valence-corrected chi connectivity index (χ0v) is 60.0. The predicted molar refractivity (Wildman–Crippen MR) is 395 cm³/mol. The van der Waals surface area contributed by atoms with Crippen molar-refractivity contribution in [1.82, 2.24) is 30.0 Å². The molecule has 4 aliphatic carbocycles. The van der Waals surface area contributed by atoms with Gasteiger partial charge >= 0.3 is 17.9 Å². The first-order valence-corrected chi connectivity index (χ1v) is 36.6. The van der Waals surface area contributed by atoms with Crippen LogP contribution in [-0.2, 0) is 23.8 Å². The van der Waals surface area contributed by atoms with Crippen molar-refractivity contribution < 1.29 is 48.0 Å². The Kier molecular flexibility index (Phi) is 30.9. The van der Waals surface area contributed by atoms with Gasteiger partial charge < -0.3 is 58.8 Å². The number of aliphatic carboxylic acids is 1. The molecule has 5 fully saturated rings. The van der Waals surface area contributed by atoms with Crippen LogP contribution < -0.4 is 25.4 Å². The lowest BCUT2D eigenvalue weighted by molar-refractivity contribution is -0.139. The van der Waals surface area contributed by atoms with Crippen molar-refractivity contribution in [2.45, 2.75) is 238 Å². The number of carbonyl (C=O) groups is 4. The summed E-state index contributed by atoms with van der Waals surface area (Å²) in [7, 11) is 7.78. The number of rotatable bonds is 24. The summed E-state index contributed by atoms with van der Waals surface area (Å²) in [4.78, 5) is 52.6. The van der Waals surface area contributed by atoms with Gasteiger partial charge in [0, 0.05) is 71.8 Å². The van der Waals surface area contributed by atoms with Crippen LogP contribution in [0.1, 0.15) is 259 Å². The normalized spacial score (nSPS) is 16.3. The van der Waals surface area contributed by atoms with E-state index in [1.807, 2.05) is 118 Å². The minimum absolute atomic E-state index is 0. The number of hydrogen-bond acceptors (Lipinski definition) is 12. The van der Waals surface area contributed by atoms with Crippen molar-refractivity contribution >= 4 is 45.6 Å². The van der Waals surface area contributed by atoms with E-state index in [9.17, 15) is 24.3 Å². The maximum atomic E-state index is 13.3. The van der Waals surface area contributed by atoms with Crippen molar-refractivity contribution in [3.05, 3.63) is 107 Å². The molecule has 534 valence electrons. The first-order chi connectivity index (χ1) is 46.3. The molecule has 1 amide bonds. The van der Waals surface area contributed by atoms with Gasteiger partial charge in [0.05, 0.1) is 22.5 Å². The Hall–Kier alpha value is -6.72. The SMILES string of the molecule is C.C1CCOC1.CC(C)(C)OC(=O)c1ccc2c(C3CCCCC3)c(-c3ccccc3OCC(=O)O)n(C3CCCC3)c2c1.CNCCCCN(C)C(=O)COc1ccccc1-c1c(C2CCCCC2)c2ccc(C(=O)OC(C)(C)C)cc2n1C1CCCC1.CNCCCCNC. The fraction of sp³-hybridized carbons (Fsp3) is 0.605. The number of fused-ring (bicyclic) bond motifs is 2. The molecule has 0 atom stereocenters. The van der Waals surface area contributed by atoms with Gasteiger partial charge in [-0.1, -0.05) is 108 Å². The van der Waals surface area contributed by atoms with Gasteiger partial charge in [0.15, 0.2) is 13.2 Å². The zero-order chi connectivity index (χ0) is 68.6. The minimum atomic E-state index is -0.995. The summed E-state index contributed by atoms with van der Waals surface area (Å²) >= 11 is 0. The number of carboxylic acid groups (broad SMARTS) is 1. The average molecular weight is 1340 g/mol. The zero-order valence-electron chi connectivity index (χ0n) is 60.0. The second-order valence-corrected chi connectivity index (χ2v) is 29.1. The van der Waals surface area contributed by atoms with E-state index in [0.29, 0.717) is 47.3 Å². The third kappa shape index (κ3) is 22.1. The smallest absolute Gasteiger partial charge is 0.341 e. The van der Waals surface area contributed by atoms with Gasteiger partial charge in [-0.3, -0.25) is 4.79 Å². The molecule has 1 saturated heterocycles. The van der Waals surface area contributed by atoms with E-state index >= 15 is 0 Å². The largest absolute Gasteiger partial charge is 0.483 e. The Morgan fingerprint density at radius 2 is 0.897 bits per heavy atom. The molecule has 4 aromatic carbocycles. The lowest BCUT2D eigenvalue weighted by Gasteiger charge is -2.26. The van der Waals surface area contributed by atoms with Crippen LogP contribution in [0.15, 0.2) is 84.9 Å². The number of esters is 2. The highest BCUT2D eigenvalue weighted by Gasteiger charge is 2.35. The van der Waals surface area contributed by atoms with Crippen molar-refractivity contribution in [3.8, 4) is 34.0 Å². The van der Waals surface area contributed by atoms with Gasteiger partial charge in [-0.15, -0.1) is 0 Å². The number of nitrogens with zero attached hydrogens (tertiary/aromatic N) is 3. The van der Waals surface area contributed by atoms with Crippen LogP contribution >= 0.6 is 0 Å². The fourth-order valence-corrected chi connectivity index (χ4v) is 14.7. The van der Waals surface area contributed by atoms with Crippen LogP contribution in [0, 0.1) is 0 Å². The molecule has 0 spiro atoms. The average Bonchev–Trinajstić information content (AvgIpc) is 1.59.